The second-order valence-electron chi connectivity index (χ2n) is 3.89. The van der Waals surface area contributed by atoms with E-state index in [1.165, 1.54) is 0 Å². The van der Waals surface area contributed by atoms with Crippen molar-refractivity contribution in [3.63, 3.8) is 0 Å². The molecule has 2 N–H and O–H groups in total. The van der Waals surface area contributed by atoms with Gasteiger partial charge in [0.05, 0.1) is 0 Å². The van der Waals surface area contributed by atoms with Crippen LogP contribution in [-0.2, 0) is 4.79 Å². The summed E-state index contributed by atoms with van der Waals surface area (Å²) in [6, 6.07) is -0.431. The number of carboxylic acid groups (broad SMARTS) is 1. The van der Waals surface area contributed by atoms with E-state index in [1.807, 2.05) is 4.90 Å². The average Bonchev–Trinajstić information content (AvgIpc) is 2.45. The van der Waals surface area contributed by atoms with Crippen molar-refractivity contribution in [2.45, 2.75) is 19.9 Å². The molecule has 0 unspecified atom stereocenters. The van der Waals surface area contributed by atoms with Crippen molar-refractivity contribution in [3.05, 3.63) is 0 Å². The van der Waals surface area contributed by atoms with Crippen molar-refractivity contribution < 1.29 is 15.0 Å². The predicted octanol–water partition coefficient (Wildman–Crippen LogP) is 0.0197. The van der Waals surface area contributed by atoms with Crippen LogP contribution in [0, 0.1) is 11.8 Å². The molecule has 1 saturated heterocycles. The fourth-order valence-electron chi connectivity index (χ4n) is 1.78. The van der Waals surface area contributed by atoms with Crippen molar-refractivity contribution in [1.29, 1.82) is 0 Å². The molecule has 4 nitrogen and oxygen atoms in total. The lowest BCUT2D eigenvalue weighted by atomic mass is 10.00. The van der Waals surface area contributed by atoms with Gasteiger partial charge in [-0.3, -0.25) is 9.69 Å². The van der Waals surface area contributed by atoms with Crippen LogP contribution in [0.3, 0.4) is 0 Å². The van der Waals surface area contributed by atoms with E-state index >= 15 is 0 Å². The van der Waals surface area contributed by atoms with Crippen LogP contribution in [0.15, 0.2) is 0 Å². The highest BCUT2D eigenvalue weighted by molar-refractivity contribution is 5.72. The molecular formula is C9H17NO3. The number of hydrogen-bond donors (Lipinski definition) is 2. The van der Waals surface area contributed by atoms with Crippen LogP contribution in [0.4, 0.5) is 0 Å². The summed E-state index contributed by atoms with van der Waals surface area (Å²) < 4.78 is 0. The number of carbonyl (C=O) groups is 1. The van der Waals surface area contributed by atoms with Crippen molar-refractivity contribution in [2.24, 2.45) is 11.8 Å². The second kappa shape index (κ2) is 4.07. The smallest absolute Gasteiger partial charge is 0.320 e. The molecule has 1 aliphatic heterocycles. The maximum atomic E-state index is 10.7. The number of aliphatic hydroxyl groups is 1. The topological polar surface area (TPSA) is 60.8 Å². The number of likely N-dealkylation sites (tertiary alicyclic amines) is 1. The molecule has 4 heteroatoms. The Labute approximate surface area is 78.2 Å². The van der Waals surface area contributed by atoms with Crippen LogP contribution in [-0.4, -0.2) is 46.8 Å². The van der Waals surface area contributed by atoms with E-state index < -0.39 is 12.0 Å². The van der Waals surface area contributed by atoms with Crippen molar-refractivity contribution in [1.82, 2.24) is 4.90 Å². The van der Waals surface area contributed by atoms with Gasteiger partial charge in [-0.2, -0.15) is 0 Å². The molecule has 1 heterocycles. The maximum absolute atomic E-state index is 10.7. The molecule has 0 bridgehead atoms. The Bertz CT molecular complexity index is 195. The molecule has 13 heavy (non-hydrogen) atoms. The Morgan fingerprint density at radius 2 is 2.23 bits per heavy atom. The zero-order valence-electron chi connectivity index (χ0n) is 8.10. The van der Waals surface area contributed by atoms with Gasteiger partial charge in [-0.25, -0.2) is 0 Å². The molecule has 1 rings (SSSR count). The van der Waals surface area contributed by atoms with Gasteiger partial charge in [-0.05, 0) is 18.8 Å². The first kappa shape index (κ1) is 10.5. The molecule has 0 amide bonds. The van der Waals surface area contributed by atoms with E-state index in [1.54, 1.807) is 6.92 Å². The minimum absolute atomic E-state index is 0.157. The highest BCUT2D eigenvalue weighted by Gasteiger charge is 2.33. The van der Waals surface area contributed by atoms with Gasteiger partial charge < -0.3 is 10.2 Å². The van der Waals surface area contributed by atoms with Gasteiger partial charge in [0, 0.05) is 19.7 Å². The SMILES string of the molecule is C[C@@H]1CN([C@@H](C)C(=O)O)C[C@H]1CO. The quantitative estimate of drug-likeness (QED) is 0.654. The highest BCUT2D eigenvalue weighted by Crippen LogP contribution is 2.23. The van der Waals surface area contributed by atoms with Crippen LogP contribution < -0.4 is 0 Å². The first-order valence-electron chi connectivity index (χ1n) is 4.64. The summed E-state index contributed by atoms with van der Waals surface area (Å²) in [7, 11) is 0. The Morgan fingerprint density at radius 1 is 1.62 bits per heavy atom. The molecule has 0 radical (unpaired) electrons. The van der Waals surface area contributed by atoms with Crippen molar-refractivity contribution in [3.8, 4) is 0 Å². The molecule has 0 aromatic rings. The monoisotopic (exact) mass is 187 g/mol. The molecule has 76 valence electrons. The minimum atomic E-state index is -0.786. The van der Waals surface area contributed by atoms with E-state index in [0.29, 0.717) is 12.5 Å². The van der Waals surface area contributed by atoms with Gasteiger partial charge in [0.2, 0.25) is 0 Å². The van der Waals surface area contributed by atoms with Crippen LogP contribution in [0.25, 0.3) is 0 Å². The molecule has 1 fully saturated rings. The molecule has 0 aromatic heterocycles. The number of rotatable bonds is 3. The van der Waals surface area contributed by atoms with E-state index in [9.17, 15) is 4.79 Å². The number of nitrogens with zero attached hydrogens (tertiary/aromatic N) is 1. The molecule has 0 spiro atoms. The summed E-state index contributed by atoms with van der Waals surface area (Å²) in [6.07, 6.45) is 0. The summed E-state index contributed by atoms with van der Waals surface area (Å²) in [5.74, 6) is -0.153. The second-order valence-corrected chi connectivity index (χ2v) is 3.89. The minimum Gasteiger partial charge on any atom is -0.480 e. The summed E-state index contributed by atoms with van der Waals surface area (Å²) >= 11 is 0. The number of hydrogen-bond acceptors (Lipinski definition) is 3. The fraction of sp³-hybridized carbons (Fsp3) is 0.889. The first-order chi connectivity index (χ1) is 6.06. The summed E-state index contributed by atoms with van der Waals surface area (Å²) in [5, 5.41) is 17.8. The number of carboxylic acids is 1. The lowest BCUT2D eigenvalue weighted by Crippen LogP contribution is -2.37. The van der Waals surface area contributed by atoms with Crippen molar-refractivity contribution >= 4 is 5.97 Å². The lowest BCUT2D eigenvalue weighted by molar-refractivity contribution is -0.142. The molecule has 0 aromatic carbocycles. The number of aliphatic hydroxyl groups excluding tert-OH is 1. The van der Waals surface area contributed by atoms with E-state index in [4.69, 9.17) is 10.2 Å². The lowest BCUT2D eigenvalue weighted by Gasteiger charge is -2.19. The fourth-order valence-corrected chi connectivity index (χ4v) is 1.78. The molecule has 1 aliphatic rings. The van der Waals surface area contributed by atoms with Gasteiger partial charge in [0.25, 0.3) is 0 Å². The summed E-state index contributed by atoms with van der Waals surface area (Å²) in [6.45, 7) is 5.37. The van der Waals surface area contributed by atoms with E-state index in [2.05, 4.69) is 6.92 Å². The highest BCUT2D eigenvalue weighted by atomic mass is 16.4. The van der Waals surface area contributed by atoms with Crippen LogP contribution in [0.1, 0.15) is 13.8 Å². The van der Waals surface area contributed by atoms with E-state index in [-0.39, 0.29) is 12.5 Å². The molecular weight excluding hydrogens is 170 g/mol. The van der Waals surface area contributed by atoms with Crippen LogP contribution >= 0.6 is 0 Å². The summed E-state index contributed by atoms with van der Waals surface area (Å²) in [5.41, 5.74) is 0. The first-order valence-corrected chi connectivity index (χ1v) is 4.64. The standard InChI is InChI=1S/C9H17NO3/c1-6-3-10(4-8(6)5-11)7(2)9(12)13/h6-8,11H,3-5H2,1-2H3,(H,12,13)/t6-,7+,8+/m1/s1. The van der Waals surface area contributed by atoms with Gasteiger partial charge in [0.1, 0.15) is 6.04 Å². The molecule has 3 atom stereocenters. The maximum Gasteiger partial charge on any atom is 0.320 e. The third-order valence-electron chi connectivity index (χ3n) is 2.94. The van der Waals surface area contributed by atoms with Crippen LogP contribution in [0.5, 0.6) is 0 Å². The largest absolute Gasteiger partial charge is 0.480 e. The van der Waals surface area contributed by atoms with Crippen LogP contribution in [0.2, 0.25) is 0 Å². The zero-order valence-corrected chi connectivity index (χ0v) is 8.10. The number of aliphatic carboxylic acids is 1. The van der Waals surface area contributed by atoms with Gasteiger partial charge in [0.15, 0.2) is 0 Å². The van der Waals surface area contributed by atoms with Crippen molar-refractivity contribution in [2.75, 3.05) is 19.7 Å². The van der Waals surface area contributed by atoms with Gasteiger partial charge >= 0.3 is 5.97 Å². The van der Waals surface area contributed by atoms with E-state index in [0.717, 1.165) is 6.54 Å². The van der Waals surface area contributed by atoms with Gasteiger partial charge in [-0.1, -0.05) is 6.92 Å². The van der Waals surface area contributed by atoms with Gasteiger partial charge in [-0.15, -0.1) is 0 Å². The third kappa shape index (κ3) is 2.19. The Balaban J connectivity index is 2.52. The predicted molar refractivity (Wildman–Crippen MR) is 48.4 cm³/mol. The normalized spacial score (nSPS) is 31.9. The third-order valence-corrected chi connectivity index (χ3v) is 2.94. The summed E-state index contributed by atoms with van der Waals surface area (Å²) in [4.78, 5) is 12.6. The Morgan fingerprint density at radius 3 is 2.62 bits per heavy atom. The Kier molecular flexibility index (Phi) is 3.27. The molecule has 0 saturated carbocycles. The molecule has 0 aliphatic carbocycles. The Hall–Kier alpha value is -0.610. The average molecular weight is 187 g/mol. The zero-order chi connectivity index (χ0) is 10.0.